The van der Waals surface area contributed by atoms with Gasteiger partial charge in [0.05, 0.1) is 31.3 Å². The minimum absolute atomic E-state index is 0.0724. The molecule has 6 heteroatoms. The van der Waals surface area contributed by atoms with Crippen molar-refractivity contribution in [2.75, 3.05) is 0 Å². The highest BCUT2D eigenvalue weighted by Crippen LogP contribution is 2.19. The third-order valence-corrected chi connectivity index (χ3v) is 4.86. The molecule has 0 aliphatic rings. The molecule has 0 aromatic carbocycles. The van der Waals surface area contributed by atoms with Crippen LogP contribution in [0.3, 0.4) is 0 Å². The van der Waals surface area contributed by atoms with Crippen molar-refractivity contribution in [2.45, 2.75) is 60.2 Å². The topological polar surface area (TPSA) is 64.4 Å². The summed E-state index contributed by atoms with van der Waals surface area (Å²) in [6.07, 6.45) is 4.36. The van der Waals surface area contributed by atoms with E-state index in [1.165, 1.54) is 5.56 Å². The number of amides is 1. The van der Waals surface area contributed by atoms with Gasteiger partial charge < -0.3 is 13.7 Å². The lowest BCUT2D eigenvalue weighted by atomic mass is 10.1. The lowest BCUT2D eigenvalue weighted by molar-refractivity contribution is -0.133. The molecule has 0 aliphatic heterocycles. The van der Waals surface area contributed by atoms with Gasteiger partial charge in [-0.3, -0.25) is 9.48 Å². The number of aryl methyl sites for hydroxylation is 1. The van der Waals surface area contributed by atoms with Crippen molar-refractivity contribution in [3.05, 3.63) is 65.3 Å². The van der Waals surface area contributed by atoms with E-state index < -0.39 is 0 Å². The van der Waals surface area contributed by atoms with Crippen LogP contribution in [0, 0.1) is 19.8 Å². The first-order valence-corrected chi connectivity index (χ1v) is 9.79. The lowest BCUT2D eigenvalue weighted by Crippen LogP contribution is -2.30. The summed E-state index contributed by atoms with van der Waals surface area (Å²) in [5.74, 6) is 2.13. The average Bonchev–Trinajstić information content (AvgIpc) is 3.37. The monoisotopic (exact) mass is 383 g/mol. The number of nitrogens with zero attached hydrogens (tertiary/aromatic N) is 3. The molecule has 6 nitrogen and oxygen atoms in total. The molecule has 28 heavy (non-hydrogen) atoms. The van der Waals surface area contributed by atoms with Crippen LogP contribution in [0.15, 0.2) is 45.6 Å². The highest BCUT2D eigenvalue weighted by atomic mass is 16.3. The average molecular weight is 383 g/mol. The number of hydrogen-bond acceptors (Lipinski definition) is 4. The lowest BCUT2D eigenvalue weighted by Gasteiger charge is -2.20. The smallest absolute Gasteiger partial charge is 0.223 e. The van der Waals surface area contributed by atoms with Crippen LogP contribution in [0.1, 0.15) is 48.7 Å². The van der Waals surface area contributed by atoms with Gasteiger partial charge in [0, 0.05) is 18.7 Å². The maximum Gasteiger partial charge on any atom is 0.223 e. The highest BCUT2D eigenvalue weighted by molar-refractivity contribution is 5.76. The zero-order valence-corrected chi connectivity index (χ0v) is 17.1. The van der Waals surface area contributed by atoms with Crippen LogP contribution in [0.4, 0.5) is 0 Å². The zero-order valence-electron chi connectivity index (χ0n) is 17.1. The second-order valence-electron chi connectivity index (χ2n) is 7.63. The van der Waals surface area contributed by atoms with Gasteiger partial charge >= 0.3 is 0 Å². The largest absolute Gasteiger partial charge is 0.467 e. The van der Waals surface area contributed by atoms with Gasteiger partial charge in [0.2, 0.25) is 5.91 Å². The molecule has 0 radical (unpaired) electrons. The maximum absolute atomic E-state index is 13.0. The Hall–Kier alpha value is -2.76. The van der Waals surface area contributed by atoms with Crippen LogP contribution >= 0.6 is 0 Å². The maximum atomic E-state index is 13.0. The summed E-state index contributed by atoms with van der Waals surface area (Å²) in [5, 5.41) is 4.66. The van der Waals surface area contributed by atoms with E-state index in [4.69, 9.17) is 8.83 Å². The van der Waals surface area contributed by atoms with E-state index in [0.717, 1.165) is 29.5 Å². The van der Waals surface area contributed by atoms with Crippen molar-refractivity contribution >= 4 is 5.91 Å². The first-order valence-electron chi connectivity index (χ1n) is 9.79. The summed E-state index contributed by atoms with van der Waals surface area (Å²) in [6.45, 7) is 10.2. The second-order valence-corrected chi connectivity index (χ2v) is 7.63. The molecule has 0 spiro atoms. The predicted octanol–water partition coefficient (Wildman–Crippen LogP) is 4.50. The van der Waals surface area contributed by atoms with Crippen LogP contribution in [-0.2, 0) is 30.8 Å². The molecule has 0 atom stereocenters. The molecular formula is C22H29N3O3. The van der Waals surface area contributed by atoms with E-state index in [2.05, 4.69) is 30.6 Å². The minimum Gasteiger partial charge on any atom is -0.467 e. The number of furan rings is 2. The van der Waals surface area contributed by atoms with Crippen LogP contribution in [0.25, 0.3) is 0 Å². The van der Waals surface area contributed by atoms with Crippen molar-refractivity contribution in [2.24, 2.45) is 5.92 Å². The van der Waals surface area contributed by atoms with Crippen molar-refractivity contribution in [1.29, 1.82) is 0 Å². The Morgan fingerprint density at radius 3 is 2.21 bits per heavy atom. The van der Waals surface area contributed by atoms with E-state index in [1.807, 2.05) is 31.2 Å². The van der Waals surface area contributed by atoms with Gasteiger partial charge in [0.15, 0.2) is 0 Å². The van der Waals surface area contributed by atoms with Gasteiger partial charge in [-0.1, -0.05) is 13.8 Å². The number of carbonyl (C=O) groups excluding carboxylic acids is 1. The Morgan fingerprint density at radius 1 is 1.11 bits per heavy atom. The van der Waals surface area contributed by atoms with Gasteiger partial charge in [-0.2, -0.15) is 5.10 Å². The Bertz CT molecular complexity index is 840. The summed E-state index contributed by atoms with van der Waals surface area (Å²) in [5.41, 5.74) is 3.34. The van der Waals surface area contributed by atoms with Crippen molar-refractivity contribution in [1.82, 2.24) is 14.7 Å². The molecule has 0 N–H and O–H groups in total. The number of hydrogen-bond donors (Lipinski definition) is 0. The van der Waals surface area contributed by atoms with Crippen LogP contribution in [0.2, 0.25) is 0 Å². The molecule has 0 bridgehead atoms. The SMILES string of the molecule is Cc1nn(CC(C)C)c(C)c1CCC(=O)N(Cc1ccco1)Cc1ccco1. The summed E-state index contributed by atoms with van der Waals surface area (Å²) in [4.78, 5) is 14.8. The van der Waals surface area contributed by atoms with Crippen molar-refractivity contribution in [3.63, 3.8) is 0 Å². The number of aromatic nitrogens is 2. The molecule has 3 heterocycles. The molecule has 0 aliphatic carbocycles. The quantitative estimate of drug-likeness (QED) is 0.546. The first kappa shape index (κ1) is 20.0. The van der Waals surface area contributed by atoms with E-state index in [-0.39, 0.29) is 5.91 Å². The zero-order chi connectivity index (χ0) is 20.1. The summed E-state index contributed by atoms with van der Waals surface area (Å²) < 4.78 is 12.9. The van der Waals surface area contributed by atoms with Crippen LogP contribution in [-0.4, -0.2) is 20.6 Å². The van der Waals surface area contributed by atoms with E-state index in [9.17, 15) is 4.79 Å². The highest BCUT2D eigenvalue weighted by Gasteiger charge is 2.19. The minimum atomic E-state index is 0.0724. The molecule has 0 saturated heterocycles. The normalized spacial score (nSPS) is 11.3. The molecule has 0 unspecified atom stereocenters. The number of carbonyl (C=O) groups is 1. The molecule has 0 fully saturated rings. The Kier molecular flexibility index (Phi) is 6.39. The second kappa shape index (κ2) is 8.95. The fourth-order valence-corrected chi connectivity index (χ4v) is 3.42. The predicted molar refractivity (Wildman–Crippen MR) is 107 cm³/mol. The van der Waals surface area contributed by atoms with Crippen molar-refractivity contribution in [3.8, 4) is 0 Å². The molecule has 3 rings (SSSR count). The van der Waals surface area contributed by atoms with Gasteiger partial charge in [-0.05, 0) is 56.0 Å². The van der Waals surface area contributed by atoms with Crippen LogP contribution in [0.5, 0.6) is 0 Å². The van der Waals surface area contributed by atoms with Gasteiger partial charge in [0.25, 0.3) is 0 Å². The van der Waals surface area contributed by atoms with Gasteiger partial charge in [-0.25, -0.2) is 0 Å². The summed E-state index contributed by atoms with van der Waals surface area (Å²) >= 11 is 0. The Labute approximate surface area is 166 Å². The summed E-state index contributed by atoms with van der Waals surface area (Å²) in [7, 11) is 0. The third kappa shape index (κ3) is 4.94. The molecule has 0 saturated carbocycles. The Morgan fingerprint density at radius 2 is 1.71 bits per heavy atom. The third-order valence-electron chi connectivity index (χ3n) is 4.86. The first-order chi connectivity index (χ1) is 13.4. The fourth-order valence-electron chi connectivity index (χ4n) is 3.42. The number of rotatable bonds is 9. The van der Waals surface area contributed by atoms with Crippen LogP contribution < -0.4 is 0 Å². The van der Waals surface area contributed by atoms with Crippen molar-refractivity contribution < 1.29 is 13.6 Å². The fraction of sp³-hybridized carbons (Fsp3) is 0.455. The van der Waals surface area contributed by atoms with Gasteiger partial charge in [-0.15, -0.1) is 0 Å². The molecule has 1 amide bonds. The molecule has 150 valence electrons. The standard InChI is InChI=1S/C22H29N3O3/c1-16(2)13-25-18(4)21(17(3)23-25)9-10-22(26)24(14-19-7-5-11-27-19)15-20-8-6-12-28-20/h5-8,11-12,16H,9-10,13-15H2,1-4H3. The molecule has 3 aromatic rings. The summed E-state index contributed by atoms with van der Waals surface area (Å²) in [6, 6.07) is 7.43. The van der Waals surface area contributed by atoms with E-state index >= 15 is 0 Å². The Balaban J connectivity index is 1.69. The van der Waals surface area contributed by atoms with Gasteiger partial charge in [0.1, 0.15) is 11.5 Å². The van der Waals surface area contributed by atoms with E-state index in [0.29, 0.717) is 31.8 Å². The molecule has 3 aromatic heterocycles. The molecular weight excluding hydrogens is 354 g/mol. The van der Waals surface area contributed by atoms with E-state index in [1.54, 1.807) is 17.4 Å².